The summed E-state index contributed by atoms with van der Waals surface area (Å²) in [5, 5.41) is 7.29. The fourth-order valence-corrected chi connectivity index (χ4v) is 2.07. The predicted molar refractivity (Wildman–Crippen MR) is 65.4 cm³/mol. The second kappa shape index (κ2) is 5.75. The van der Waals surface area contributed by atoms with Gasteiger partial charge in [0.15, 0.2) is 0 Å². The number of rotatable bonds is 5. The summed E-state index contributed by atoms with van der Waals surface area (Å²) in [6, 6.07) is 3.83. The van der Waals surface area contributed by atoms with E-state index in [4.69, 9.17) is 11.1 Å². The Hall–Kier alpha value is -1.03. The monoisotopic (exact) mass is 223 g/mol. The van der Waals surface area contributed by atoms with Crippen LogP contribution in [0, 0.1) is 11.3 Å². The van der Waals surface area contributed by atoms with Gasteiger partial charge < -0.3 is 5.73 Å². The van der Waals surface area contributed by atoms with Gasteiger partial charge >= 0.3 is 0 Å². The second-order valence-electron chi connectivity index (χ2n) is 3.61. The fourth-order valence-electron chi connectivity index (χ4n) is 1.00. The Morgan fingerprint density at radius 1 is 1.67 bits per heavy atom. The number of hydrogen-bond acceptors (Lipinski definition) is 3. The number of pyridine rings is 1. The quantitative estimate of drug-likeness (QED) is 0.458. The largest absolute Gasteiger partial charge is 0.382 e. The molecule has 3 nitrogen and oxygen atoms in total. The van der Waals surface area contributed by atoms with Crippen molar-refractivity contribution < 1.29 is 0 Å². The summed E-state index contributed by atoms with van der Waals surface area (Å²) in [6.07, 6.45) is 2.90. The topological polar surface area (TPSA) is 62.8 Å². The maximum absolute atomic E-state index is 7.29. The first-order chi connectivity index (χ1) is 7.13. The summed E-state index contributed by atoms with van der Waals surface area (Å²) < 4.78 is 0. The van der Waals surface area contributed by atoms with E-state index in [9.17, 15) is 0 Å². The van der Waals surface area contributed by atoms with E-state index in [1.807, 2.05) is 12.1 Å². The average molecular weight is 223 g/mol. The van der Waals surface area contributed by atoms with Crippen molar-refractivity contribution in [2.75, 3.05) is 5.75 Å². The fraction of sp³-hybridized carbons (Fsp3) is 0.455. The lowest BCUT2D eigenvalue weighted by Crippen LogP contribution is -2.12. The standard InChI is InChI=1S/C11H17N3S/c1-3-8(2)7-15-9-4-5-14-10(6-9)11(12)13/h4-6,8H,3,7H2,1-2H3,(H3,12,13). The molecule has 0 radical (unpaired) electrons. The zero-order chi connectivity index (χ0) is 11.3. The highest BCUT2D eigenvalue weighted by atomic mass is 32.2. The molecule has 0 aliphatic rings. The van der Waals surface area contributed by atoms with Gasteiger partial charge in [-0.25, -0.2) is 0 Å². The van der Waals surface area contributed by atoms with Crippen LogP contribution in [0.4, 0.5) is 0 Å². The lowest BCUT2D eigenvalue weighted by molar-refractivity contribution is 0.637. The summed E-state index contributed by atoms with van der Waals surface area (Å²) in [5.41, 5.74) is 5.94. The van der Waals surface area contributed by atoms with Gasteiger partial charge in [0.25, 0.3) is 0 Å². The molecule has 15 heavy (non-hydrogen) atoms. The van der Waals surface area contributed by atoms with Gasteiger partial charge in [-0.15, -0.1) is 11.8 Å². The Morgan fingerprint density at radius 3 is 3.00 bits per heavy atom. The molecule has 0 aromatic carbocycles. The van der Waals surface area contributed by atoms with E-state index in [-0.39, 0.29) is 5.84 Å². The van der Waals surface area contributed by atoms with Crippen LogP contribution in [-0.4, -0.2) is 16.6 Å². The Morgan fingerprint density at radius 2 is 2.40 bits per heavy atom. The van der Waals surface area contributed by atoms with Crippen molar-refractivity contribution in [3.8, 4) is 0 Å². The third-order valence-corrected chi connectivity index (χ3v) is 3.56. The highest BCUT2D eigenvalue weighted by molar-refractivity contribution is 7.99. The number of hydrogen-bond donors (Lipinski definition) is 2. The molecule has 1 atom stereocenters. The summed E-state index contributed by atoms with van der Waals surface area (Å²) in [4.78, 5) is 5.16. The third-order valence-electron chi connectivity index (χ3n) is 2.24. The summed E-state index contributed by atoms with van der Waals surface area (Å²) >= 11 is 1.79. The highest BCUT2D eigenvalue weighted by Crippen LogP contribution is 2.21. The van der Waals surface area contributed by atoms with E-state index in [2.05, 4.69) is 18.8 Å². The van der Waals surface area contributed by atoms with Crippen molar-refractivity contribution in [1.82, 2.24) is 4.98 Å². The molecule has 3 N–H and O–H groups in total. The normalized spacial score (nSPS) is 12.4. The van der Waals surface area contributed by atoms with Gasteiger partial charge in [0, 0.05) is 16.8 Å². The molecule has 0 spiro atoms. The molecular weight excluding hydrogens is 206 g/mol. The number of thioether (sulfide) groups is 1. The van der Waals surface area contributed by atoms with Crippen LogP contribution in [0.25, 0.3) is 0 Å². The Balaban J connectivity index is 2.62. The van der Waals surface area contributed by atoms with E-state index < -0.39 is 0 Å². The van der Waals surface area contributed by atoms with Crippen LogP contribution in [0.15, 0.2) is 23.2 Å². The number of aromatic nitrogens is 1. The first-order valence-corrected chi connectivity index (χ1v) is 6.05. The minimum Gasteiger partial charge on any atom is -0.382 e. The molecule has 0 saturated carbocycles. The average Bonchev–Trinajstić information content (AvgIpc) is 2.26. The van der Waals surface area contributed by atoms with Crippen LogP contribution in [0.3, 0.4) is 0 Å². The molecule has 1 heterocycles. The minimum atomic E-state index is 0.0287. The number of nitrogens with zero attached hydrogens (tertiary/aromatic N) is 1. The molecule has 0 aliphatic heterocycles. The maximum atomic E-state index is 7.29. The second-order valence-corrected chi connectivity index (χ2v) is 4.71. The number of nitrogens with two attached hydrogens (primary N) is 1. The molecular formula is C11H17N3S. The molecule has 1 unspecified atom stereocenters. The van der Waals surface area contributed by atoms with Gasteiger partial charge in [0.2, 0.25) is 0 Å². The molecule has 0 bridgehead atoms. The molecule has 4 heteroatoms. The van der Waals surface area contributed by atoms with Gasteiger partial charge in [-0.2, -0.15) is 0 Å². The molecule has 0 amide bonds. The van der Waals surface area contributed by atoms with Crippen LogP contribution >= 0.6 is 11.8 Å². The highest BCUT2D eigenvalue weighted by Gasteiger charge is 2.03. The van der Waals surface area contributed by atoms with Gasteiger partial charge in [0.1, 0.15) is 11.5 Å². The summed E-state index contributed by atoms with van der Waals surface area (Å²) in [6.45, 7) is 4.43. The van der Waals surface area contributed by atoms with Crippen LogP contribution in [0.1, 0.15) is 26.0 Å². The van der Waals surface area contributed by atoms with Crippen LogP contribution in [-0.2, 0) is 0 Å². The van der Waals surface area contributed by atoms with Gasteiger partial charge in [-0.3, -0.25) is 10.4 Å². The maximum Gasteiger partial charge on any atom is 0.141 e. The Bertz CT molecular complexity index is 338. The number of nitrogens with one attached hydrogen (secondary N) is 1. The first-order valence-electron chi connectivity index (χ1n) is 5.06. The van der Waals surface area contributed by atoms with Crippen molar-refractivity contribution in [3.05, 3.63) is 24.0 Å². The van der Waals surface area contributed by atoms with Crippen molar-refractivity contribution in [3.63, 3.8) is 0 Å². The molecule has 0 aliphatic carbocycles. The molecule has 0 fully saturated rings. The van der Waals surface area contributed by atoms with E-state index in [0.717, 1.165) is 10.6 Å². The zero-order valence-corrected chi connectivity index (χ0v) is 9.97. The number of nitrogen functional groups attached to an aromatic ring is 1. The third kappa shape index (κ3) is 3.91. The smallest absolute Gasteiger partial charge is 0.141 e. The van der Waals surface area contributed by atoms with E-state index in [1.54, 1.807) is 18.0 Å². The predicted octanol–water partition coefficient (Wildman–Crippen LogP) is 2.50. The molecule has 1 aromatic rings. The van der Waals surface area contributed by atoms with Gasteiger partial charge in [0.05, 0.1) is 0 Å². The van der Waals surface area contributed by atoms with Gasteiger partial charge in [-0.05, 0) is 18.1 Å². The summed E-state index contributed by atoms with van der Waals surface area (Å²) in [7, 11) is 0. The van der Waals surface area contributed by atoms with Crippen molar-refractivity contribution >= 4 is 17.6 Å². The summed E-state index contributed by atoms with van der Waals surface area (Å²) in [5.74, 6) is 1.84. The first kappa shape index (κ1) is 12.0. The van der Waals surface area contributed by atoms with Crippen LogP contribution in [0.2, 0.25) is 0 Å². The van der Waals surface area contributed by atoms with Crippen molar-refractivity contribution in [2.45, 2.75) is 25.2 Å². The lowest BCUT2D eigenvalue weighted by atomic mass is 10.2. The Kier molecular flexibility index (Phi) is 4.62. The molecule has 0 saturated heterocycles. The molecule has 1 aromatic heterocycles. The van der Waals surface area contributed by atoms with Crippen molar-refractivity contribution in [2.24, 2.45) is 11.7 Å². The minimum absolute atomic E-state index is 0.0287. The molecule has 1 rings (SSSR count). The number of amidine groups is 1. The van der Waals surface area contributed by atoms with Crippen LogP contribution < -0.4 is 5.73 Å². The van der Waals surface area contributed by atoms with Gasteiger partial charge in [-0.1, -0.05) is 20.3 Å². The SMILES string of the molecule is CCC(C)CSc1ccnc(C(=N)N)c1. The van der Waals surface area contributed by atoms with E-state index >= 15 is 0 Å². The zero-order valence-electron chi connectivity index (χ0n) is 9.16. The van der Waals surface area contributed by atoms with Crippen LogP contribution in [0.5, 0.6) is 0 Å². The van der Waals surface area contributed by atoms with E-state index in [0.29, 0.717) is 11.6 Å². The van der Waals surface area contributed by atoms with E-state index in [1.165, 1.54) is 6.42 Å². The molecule has 82 valence electrons. The Labute approximate surface area is 95.0 Å². The van der Waals surface area contributed by atoms with Crippen molar-refractivity contribution in [1.29, 1.82) is 5.41 Å². The lowest BCUT2D eigenvalue weighted by Gasteiger charge is -2.08.